The summed E-state index contributed by atoms with van der Waals surface area (Å²) in [6.07, 6.45) is 4.52. The highest BCUT2D eigenvalue weighted by Crippen LogP contribution is 2.28. The summed E-state index contributed by atoms with van der Waals surface area (Å²) in [6, 6.07) is 4.09. The zero-order valence-corrected chi connectivity index (χ0v) is 9.72. The molecule has 3 nitrogen and oxygen atoms in total. The lowest BCUT2D eigenvalue weighted by atomic mass is 10.2. The lowest BCUT2D eigenvalue weighted by Crippen LogP contribution is -2.03. The van der Waals surface area contributed by atoms with Gasteiger partial charge in [-0.25, -0.2) is 9.97 Å². The molecule has 0 amide bonds. The van der Waals surface area contributed by atoms with Crippen LogP contribution in [0.3, 0.4) is 0 Å². The van der Waals surface area contributed by atoms with Gasteiger partial charge < -0.3 is 5.73 Å². The molecule has 0 saturated heterocycles. The van der Waals surface area contributed by atoms with Gasteiger partial charge in [0, 0.05) is 12.4 Å². The zero-order chi connectivity index (χ0) is 10.5. The molecular formula is C10H11N3S2. The van der Waals surface area contributed by atoms with Crippen LogP contribution in [0.4, 0.5) is 0 Å². The Labute approximate surface area is 96.8 Å². The van der Waals surface area contributed by atoms with E-state index >= 15 is 0 Å². The third-order valence-corrected chi connectivity index (χ3v) is 3.73. The Bertz CT molecular complexity index is 397. The summed E-state index contributed by atoms with van der Waals surface area (Å²) in [6.45, 7) is 0.640. The minimum absolute atomic E-state index is 0.640. The smallest absolute Gasteiger partial charge is 0.193 e. The Hall–Kier alpha value is -0.910. The third kappa shape index (κ3) is 3.02. The number of rotatable bonds is 4. The van der Waals surface area contributed by atoms with Crippen molar-refractivity contribution >= 4 is 23.1 Å². The number of nitrogens with two attached hydrogens (primary N) is 1. The van der Waals surface area contributed by atoms with Crippen LogP contribution in [0, 0.1) is 0 Å². The fourth-order valence-electron chi connectivity index (χ4n) is 1.10. The largest absolute Gasteiger partial charge is 0.330 e. The van der Waals surface area contributed by atoms with Gasteiger partial charge in [0.25, 0.3) is 0 Å². The molecule has 5 heteroatoms. The van der Waals surface area contributed by atoms with Crippen LogP contribution in [0.5, 0.6) is 0 Å². The van der Waals surface area contributed by atoms with Gasteiger partial charge in [0.15, 0.2) is 5.16 Å². The molecule has 2 heterocycles. The monoisotopic (exact) mass is 237 g/mol. The summed E-state index contributed by atoms with van der Waals surface area (Å²) in [5.41, 5.74) is 6.54. The van der Waals surface area contributed by atoms with Crippen LogP contribution >= 0.6 is 23.1 Å². The van der Waals surface area contributed by atoms with Crippen LogP contribution in [0.25, 0.3) is 0 Å². The van der Waals surface area contributed by atoms with E-state index in [1.807, 2.05) is 23.8 Å². The number of aromatic nitrogens is 2. The molecular weight excluding hydrogens is 226 g/mol. The van der Waals surface area contributed by atoms with E-state index in [9.17, 15) is 0 Å². The van der Waals surface area contributed by atoms with Gasteiger partial charge in [-0.2, -0.15) is 0 Å². The van der Waals surface area contributed by atoms with E-state index in [0.29, 0.717) is 6.54 Å². The quantitative estimate of drug-likeness (QED) is 0.828. The molecule has 2 aromatic heterocycles. The van der Waals surface area contributed by atoms with Gasteiger partial charge in [-0.15, -0.1) is 11.3 Å². The lowest BCUT2D eigenvalue weighted by molar-refractivity contribution is 0.891. The van der Waals surface area contributed by atoms with Crippen molar-refractivity contribution in [2.24, 2.45) is 5.73 Å². The summed E-state index contributed by atoms with van der Waals surface area (Å²) in [5, 5.41) is 2.84. The first kappa shape index (κ1) is 10.6. The third-order valence-electron chi connectivity index (χ3n) is 1.80. The summed E-state index contributed by atoms with van der Waals surface area (Å²) >= 11 is 3.28. The van der Waals surface area contributed by atoms with Gasteiger partial charge in [-0.1, -0.05) is 6.07 Å². The predicted octanol–water partition coefficient (Wildman–Crippen LogP) is 2.19. The fourth-order valence-corrected chi connectivity index (χ4v) is 2.67. The Kier molecular flexibility index (Phi) is 3.71. The molecule has 0 aliphatic heterocycles. The second-order valence-corrected chi connectivity index (χ2v) is 5.16. The van der Waals surface area contributed by atoms with Crippen LogP contribution in [0.1, 0.15) is 5.56 Å². The van der Waals surface area contributed by atoms with Crippen molar-refractivity contribution in [2.75, 3.05) is 6.54 Å². The van der Waals surface area contributed by atoms with Crippen LogP contribution in [0.15, 0.2) is 39.3 Å². The van der Waals surface area contributed by atoms with E-state index in [1.165, 1.54) is 4.21 Å². The minimum Gasteiger partial charge on any atom is -0.330 e. The van der Waals surface area contributed by atoms with Crippen LogP contribution in [-0.4, -0.2) is 16.5 Å². The van der Waals surface area contributed by atoms with Crippen molar-refractivity contribution in [1.29, 1.82) is 0 Å². The summed E-state index contributed by atoms with van der Waals surface area (Å²) in [4.78, 5) is 8.55. The van der Waals surface area contributed by atoms with E-state index in [1.54, 1.807) is 23.1 Å². The standard InChI is InChI=1S/C10H11N3S2/c11-4-3-8-6-12-10(13-7-8)15-9-2-1-5-14-9/h1-2,5-7H,3-4,11H2. The summed E-state index contributed by atoms with van der Waals surface area (Å²) < 4.78 is 1.21. The van der Waals surface area contributed by atoms with Gasteiger partial charge in [-0.05, 0) is 41.7 Å². The fraction of sp³-hybridized carbons (Fsp3) is 0.200. The first-order chi connectivity index (χ1) is 7.38. The van der Waals surface area contributed by atoms with Crippen molar-refractivity contribution in [3.05, 3.63) is 35.5 Å². The molecule has 0 bridgehead atoms. The molecule has 15 heavy (non-hydrogen) atoms. The topological polar surface area (TPSA) is 51.8 Å². The highest BCUT2D eigenvalue weighted by Gasteiger charge is 2.01. The number of hydrogen-bond acceptors (Lipinski definition) is 5. The zero-order valence-electron chi connectivity index (χ0n) is 8.09. The van der Waals surface area contributed by atoms with Crippen molar-refractivity contribution in [2.45, 2.75) is 15.8 Å². The maximum atomic E-state index is 5.45. The second-order valence-electron chi connectivity index (χ2n) is 2.95. The molecule has 0 radical (unpaired) electrons. The van der Waals surface area contributed by atoms with Crippen molar-refractivity contribution in [3.8, 4) is 0 Å². The Morgan fingerprint density at radius 3 is 2.73 bits per heavy atom. The molecule has 2 aromatic rings. The van der Waals surface area contributed by atoms with Gasteiger partial charge in [0.1, 0.15) is 0 Å². The number of nitrogens with zero attached hydrogens (tertiary/aromatic N) is 2. The number of hydrogen-bond donors (Lipinski definition) is 1. The van der Waals surface area contributed by atoms with Crippen molar-refractivity contribution in [1.82, 2.24) is 9.97 Å². The van der Waals surface area contributed by atoms with Gasteiger partial charge >= 0.3 is 0 Å². The maximum Gasteiger partial charge on any atom is 0.193 e. The minimum atomic E-state index is 0.640. The average molecular weight is 237 g/mol. The predicted molar refractivity (Wildman–Crippen MR) is 63.2 cm³/mol. The lowest BCUT2D eigenvalue weighted by Gasteiger charge is -1.99. The van der Waals surface area contributed by atoms with Crippen LogP contribution in [-0.2, 0) is 6.42 Å². The molecule has 2 rings (SSSR count). The average Bonchev–Trinajstić information content (AvgIpc) is 2.74. The molecule has 0 aliphatic rings. The number of thiophene rings is 1. The van der Waals surface area contributed by atoms with Gasteiger partial charge in [0.05, 0.1) is 4.21 Å². The van der Waals surface area contributed by atoms with E-state index in [-0.39, 0.29) is 0 Å². The second kappa shape index (κ2) is 5.25. The van der Waals surface area contributed by atoms with Gasteiger partial charge in [0.2, 0.25) is 0 Å². The molecule has 0 spiro atoms. The van der Waals surface area contributed by atoms with E-state index in [4.69, 9.17) is 5.73 Å². The Morgan fingerprint density at radius 1 is 1.33 bits per heavy atom. The maximum absolute atomic E-state index is 5.45. The highest BCUT2D eigenvalue weighted by atomic mass is 32.2. The Morgan fingerprint density at radius 2 is 2.13 bits per heavy atom. The highest BCUT2D eigenvalue weighted by molar-refractivity contribution is 8.01. The molecule has 0 aromatic carbocycles. The van der Waals surface area contributed by atoms with Crippen molar-refractivity contribution < 1.29 is 0 Å². The molecule has 0 fully saturated rings. The molecule has 0 aliphatic carbocycles. The summed E-state index contributed by atoms with van der Waals surface area (Å²) in [5.74, 6) is 0. The SMILES string of the molecule is NCCc1cnc(Sc2cccs2)nc1. The Balaban J connectivity index is 2.04. The van der Waals surface area contributed by atoms with Gasteiger partial charge in [-0.3, -0.25) is 0 Å². The molecule has 0 atom stereocenters. The van der Waals surface area contributed by atoms with E-state index in [0.717, 1.165) is 17.1 Å². The molecule has 2 N–H and O–H groups in total. The van der Waals surface area contributed by atoms with Crippen molar-refractivity contribution in [3.63, 3.8) is 0 Å². The van der Waals surface area contributed by atoms with E-state index < -0.39 is 0 Å². The van der Waals surface area contributed by atoms with Crippen LogP contribution < -0.4 is 5.73 Å². The first-order valence-electron chi connectivity index (χ1n) is 4.61. The normalized spacial score (nSPS) is 10.5. The van der Waals surface area contributed by atoms with Crippen LogP contribution in [0.2, 0.25) is 0 Å². The van der Waals surface area contributed by atoms with E-state index in [2.05, 4.69) is 16.0 Å². The molecule has 0 unspecified atom stereocenters. The summed E-state index contributed by atoms with van der Waals surface area (Å²) in [7, 11) is 0. The molecule has 0 saturated carbocycles. The first-order valence-corrected chi connectivity index (χ1v) is 6.30. The molecule has 78 valence electrons.